The highest BCUT2D eigenvalue weighted by molar-refractivity contribution is 9.10. The van der Waals surface area contributed by atoms with Gasteiger partial charge in [-0.15, -0.1) is 0 Å². The van der Waals surface area contributed by atoms with Crippen molar-refractivity contribution in [1.82, 2.24) is 15.1 Å². The Bertz CT molecular complexity index is 790. The average molecular weight is 412 g/mol. The quantitative estimate of drug-likeness (QED) is 0.822. The summed E-state index contributed by atoms with van der Waals surface area (Å²) in [5.41, 5.74) is 2.47. The molecule has 0 aliphatic carbocycles. The van der Waals surface area contributed by atoms with Crippen LogP contribution < -0.4 is 5.32 Å². The van der Waals surface area contributed by atoms with Crippen molar-refractivity contribution in [1.29, 1.82) is 0 Å². The largest absolute Gasteiger partial charge is 0.382 e. The van der Waals surface area contributed by atoms with Gasteiger partial charge in [0, 0.05) is 23.0 Å². The fraction of sp³-hybridized carbons (Fsp3) is 0.312. The molecule has 2 heterocycles. The highest BCUT2D eigenvalue weighted by Crippen LogP contribution is 2.20. The first-order valence-corrected chi connectivity index (χ1v) is 8.72. The fourth-order valence-electron chi connectivity index (χ4n) is 2.48. The lowest BCUT2D eigenvalue weighted by molar-refractivity contribution is -0.131. The van der Waals surface area contributed by atoms with Gasteiger partial charge in [0.25, 0.3) is 5.91 Å². The van der Waals surface area contributed by atoms with Gasteiger partial charge in [-0.2, -0.15) is 5.10 Å². The lowest BCUT2D eigenvalue weighted by Gasteiger charge is -2.11. The van der Waals surface area contributed by atoms with Gasteiger partial charge in [0.15, 0.2) is 0 Å². The summed E-state index contributed by atoms with van der Waals surface area (Å²) in [7, 11) is 0. The average Bonchev–Trinajstić information content (AvgIpc) is 3.19. The number of aromatic nitrogens is 2. The summed E-state index contributed by atoms with van der Waals surface area (Å²) in [6.45, 7) is 2.96. The molecule has 0 saturated heterocycles. The molecule has 1 aromatic heterocycles. The Labute approximate surface area is 152 Å². The maximum atomic E-state index is 12.3. The van der Waals surface area contributed by atoms with Crippen molar-refractivity contribution >= 4 is 39.1 Å². The molecule has 126 valence electrons. The van der Waals surface area contributed by atoms with Gasteiger partial charge in [-0.05, 0) is 19.1 Å². The lowest BCUT2D eigenvalue weighted by atomic mass is 10.0. The second-order valence-corrected chi connectivity index (χ2v) is 6.64. The molecule has 1 N–H and O–H groups in total. The molecule has 2 aromatic rings. The van der Waals surface area contributed by atoms with Gasteiger partial charge >= 0.3 is 0 Å². The minimum atomic E-state index is -0.629. The summed E-state index contributed by atoms with van der Waals surface area (Å²) in [6, 6.07) is 7.74. The summed E-state index contributed by atoms with van der Waals surface area (Å²) < 4.78 is 2.71. The zero-order valence-electron chi connectivity index (χ0n) is 13.0. The summed E-state index contributed by atoms with van der Waals surface area (Å²) in [6.07, 6.45) is 1.38. The zero-order chi connectivity index (χ0) is 17.1. The summed E-state index contributed by atoms with van der Waals surface area (Å²) in [5.74, 6) is -0.219. The van der Waals surface area contributed by atoms with Crippen LogP contribution >= 0.6 is 27.5 Å². The predicted molar refractivity (Wildman–Crippen MR) is 94.9 cm³/mol. The van der Waals surface area contributed by atoms with Crippen LogP contribution in [-0.4, -0.2) is 27.5 Å². The first-order chi connectivity index (χ1) is 11.6. The Balaban J connectivity index is 1.59. The molecular weight excluding hydrogens is 396 g/mol. The predicted octanol–water partition coefficient (Wildman–Crippen LogP) is 3.13. The van der Waals surface area contributed by atoms with Crippen molar-refractivity contribution in [2.45, 2.75) is 32.5 Å². The highest BCUT2D eigenvalue weighted by Gasteiger charge is 2.29. The van der Waals surface area contributed by atoms with Crippen LogP contribution in [0.2, 0.25) is 5.02 Å². The van der Waals surface area contributed by atoms with E-state index in [1.165, 1.54) is 0 Å². The van der Waals surface area contributed by atoms with Crippen molar-refractivity contribution in [3.8, 4) is 0 Å². The zero-order valence-corrected chi connectivity index (χ0v) is 15.3. The standard InChI is InChI=1S/C16H16BrClN4O2/c1-2-22-14(12(18)8-20-22)9-19-16(23)15-7-13(21-24-15)10-4-3-5-11(17)6-10/h3-6,8,15H,2,7,9H2,1H3,(H,19,23). The number of carbonyl (C=O) groups is 1. The molecule has 1 amide bonds. The molecule has 1 unspecified atom stereocenters. The van der Waals surface area contributed by atoms with Gasteiger partial charge < -0.3 is 10.2 Å². The number of hydrogen-bond acceptors (Lipinski definition) is 4. The minimum Gasteiger partial charge on any atom is -0.382 e. The number of carbonyl (C=O) groups excluding carboxylic acids is 1. The number of oxime groups is 1. The maximum Gasteiger partial charge on any atom is 0.264 e. The highest BCUT2D eigenvalue weighted by atomic mass is 79.9. The van der Waals surface area contributed by atoms with Crippen LogP contribution in [0.15, 0.2) is 40.1 Å². The van der Waals surface area contributed by atoms with E-state index in [0.29, 0.717) is 24.5 Å². The fourth-order valence-corrected chi connectivity index (χ4v) is 3.08. The van der Waals surface area contributed by atoms with Crippen LogP contribution in [0.5, 0.6) is 0 Å². The molecule has 0 spiro atoms. The summed E-state index contributed by atoms with van der Waals surface area (Å²) in [5, 5.41) is 11.6. The van der Waals surface area contributed by atoms with E-state index in [4.69, 9.17) is 16.4 Å². The summed E-state index contributed by atoms with van der Waals surface area (Å²) >= 11 is 9.52. The van der Waals surface area contributed by atoms with E-state index in [2.05, 4.69) is 31.5 Å². The smallest absolute Gasteiger partial charge is 0.264 e. The Morgan fingerprint density at radius 1 is 1.54 bits per heavy atom. The molecule has 0 saturated carbocycles. The third kappa shape index (κ3) is 3.62. The molecule has 0 radical (unpaired) electrons. The molecule has 1 atom stereocenters. The SMILES string of the molecule is CCn1ncc(Cl)c1CNC(=O)C1CC(c2cccc(Br)c2)=NO1. The van der Waals surface area contributed by atoms with Crippen LogP contribution in [0.4, 0.5) is 0 Å². The third-order valence-electron chi connectivity index (χ3n) is 3.75. The number of aryl methyl sites for hydroxylation is 1. The van der Waals surface area contributed by atoms with E-state index < -0.39 is 6.10 Å². The maximum absolute atomic E-state index is 12.3. The number of rotatable bonds is 5. The molecule has 0 fully saturated rings. The van der Waals surface area contributed by atoms with Crippen molar-refractivity contribution in [2.24, 2.45) is 5.16 Å². The van der Waals surface area contributed by atoms with Crippen molar-refractivity contribution in [3.05, 3.63) is 51.2 Å². The third-order valence-corrected chi connectivity index (χ3v) is 4.56. The first-order valence-electron chi connectivity index (χ1n) is 7.55. The lowest BCUT2D eigenvalue weighted by Crippen LogP contribution is -2.35. The van der Waals surface area contributed by atoms with Crippen LogP contribution in [0.3, 0.4) is 0 Å². The van der Waals surface area contributed by atoms with Gasteiger partial charge in [0.05, 0.1) is 29.2 Å². The molecule has 1 aliphatic heterocycles. The minimum absolute atomic E-state index is 0.219. The number of hydrogen-bond donors (Lipinski definition) is 1. The molecular formula is C16H16BrClN4O2. The van der Waals surface area contributed by atoms with Crippen LogP contribution in [0.1, 0.15) is 24.6 Å². The molecule has 24 heavy (non-hydrogen) atoms. The molecule has 1 aromatic carbocycles. The van der Waals surface area contributed by atoms with E-state index in [-0.39, 0.29) is 5.91 Å². The van der Waals surface area contributed by atoms with E-state index in [1.807, 2.05) is 31.2 Å². The second kappa shape index (κ2) is 7.36. The van der Waals surface area contributed by atoms with E-state index in [0.717, 1.165) is 21.4 Å². The Hall–Kier alpha value is -1.86. The number of nitrogens with zero attached hydrogens (tertiary/aromatic N) is 3. The summed E-state index contributed by atoms with van der Waals surface area (Å²) in [4.78, 5) is 17.6. The van der Waals surface area contributed by atoms with Crippen molar-refractivity contribution < 1.29 is 9.63 Å². The van der Waals surface area contributed by atoms with Gasteiger partial charge in [-0.25, -0.2) is 0 Å². The Kier molecular flexibility index (Phi) is 5.20. The van der Waals surface area contributed by atoms with E-state index in [9.17, 15) is 4.79 Å². The van der Waals surface area contributed by atoms with Crippen molar-refractivity contribution in [2.75, 3.05) is 0 Å². The number of halogens is 2. The van der Waals surface area contributed by atoms with Gasteiger partial charge in [-0.3, -0.25) is 9.48 Å². The van der Waals surface area contributed by atoms with E-state index in [1.54, 1.807) is 10.9 Å². The molecule has 0 bridgehead atoms. The van der Waals surface area contributed by atoms with Gasteiger partial charge in [0.1, 0.15) is 0 Å². The normalized spacial score (nSPS) is 16.6. The van der Waals surface area contributed by atoms with Crippen molar-refractivity contribution in [3.63, 3.8) is 0 Å². The first kappa shape index (κ1) is 17.0. The number of benzene rings is 1. The topological polar surface area (TPSA) is 68.5 Å². The molecule has 1 aliphatic rings. The second-order valence-electron chi connectivity index (χ2n) is 5.32. The van der Waals surface area contributed by atoms with Gasteiger partial charge in [-0.1, -0.05) is 44.8 Å². The number of amides is 1. The number of nitrogens with one attached hydrogen (secondary N) is 1. The van der Waals surface area contributed by atoms with Crippen LogP contribution in [-0.2, 0) is 22.7 Å². The van der Waals surface area contributed by atoms with Gasteiger partial charge in [0.2, 0.25) is 6.10 Å². The Morgan fingerprint density at radius 3 is 3.12 bits per heavy atom. The molecule has 3 rings (SSSR count). The molecule has 8 heteroatoms. The monoisotopic (exact) mass is 410 g/mol. The Morgan fingerprint density at radius 2 is 2.38 bits per heavy atom. The van der Waals surface area contributed by atoms with E-state index >= 15 is 0 Å². The molecule has 6 nitrogen and oxygen atoms in total. The van der Waals surface area contributed by atoms with Crippen LogP contribution in [0.25, 0.3) is 0 Å². The van der Waals surface area contributed by atoms with Crippen LogP contribution in [0, 0.1) is 0 Å².